The van der Waals surface area contributed by atoms with E-state index in [2.05, 4.69) is 17.1 Å². The van der Waals surface area contributed by atoms with Gasteiger partial charge in [-0.05, 0) is 25.3 Å². The third-order valence-electron chi connectivity index (χ3n) is 4.49. The van der Waals surface area contributed by atoms with Crippen molar-refractivity contribution in [3.05, 3.63) is 0 Å². The summed E-state index contributed by atoms with van der Waals surface area (Å²) >= 11 is 0. The summed E-state index contributed by atoms with van der Waals surface area (Å²) in [4.78, 5) is 2.73. The Bertz CT molecular complexity index is 187. The van der Waals surface area contributed by atoms with Gasteiger partial charge >= 0.3 is 0 Å². The van der Waals surface area contributed by atoms with E-state index in [1.54, 1.807) is 0 Å². The molecule has 94 valence electrons. The smallest absolute Gasteiger partial charge is 0.0218 e. The highest BCUT2D eigenvalue weighted by molar-refractivity contribution is 4.79. The van der Waals surface area contributed by atoms with Gasteiger partial charge in [-0.3, -0.25) is 4.90 Å². The van der Waals surface area contributed by atoms with E-state index in [9.17, 15) is 0 Å². The maximum atomic E-state index is 3.51. The summed E-state index contributed by atoms with van der Waals surface area (Å²) < 4.78 is 0. The number of piperazine rings is 1. The second kappa shape index (κ2) is 6.61. The Labute approximate surface area is 101 Å². The van der Waals surface area contributed by atoms with Crippen LogP contribution in [0.1, 0.15) is 51.9 Å². The molecule has 2 rings (SSSR count). The molecule has 1 saturated carbocycles. The Balaban J connectivity index is 1.70. The van der Waals surface area contributed by atoms with Gasteiger partial charge in [-0.2, -0.15) is 0 Å². The monoisotopic (exact) mass is 224 g/mol. The van der Waals surface area contributed by atoms with E-state index in [4.69, 9.17) is 0 Å². The Morgan fingerprint density at radius 2 is 2.00 bits per heavy atom. The maximum absolute atomic E-state index is 3.51. The molecule has 0 aromatic heterocycles. The molecule has 1 unspecified atom stereocenters. The van der Waals surface area contributed by atoms with Gasteiger partial charge in [0.25, 0.3) is 0 Å². The van der Waals surface area contributed by atoms with Gasteiger partial charge in [-0.25, -0.2) is 0 Å². The number of rotatable bonds is 4. The molecule has 0 spiro atoms. The second-order valence-electron chi connectivity index (χ2n) is 5.59. The SMILES string of the molecule is CCC1CNCCN1CCC1CCCCC1. The third kappa shape index (κ3) is 3.46. The molecule has 1 N–H and O–H groups in total. The van der Waals surface area contributed by atoms with Crippen molar-refractivity contribution in [3.63, 3.8) is 0 Å². The quantitative estimate of drug-likeness (QED) is 0.790. The van der Waals surface area contributed by atoms with Crippen molar-refractivity contribution in [2.45, 2.75) is 57.9 Å². The lowest BCUT2D eigenvalue weighted by Gasteiger charge is -2.36. The van der Waals surface area contributed by atoms with Crippen molar-refractivity contribution < 1.29 is 0 Å². The largest absolute Gasteiger partial charge is 0.314 e. The van der Waals surface area contributed by atoms with Crippen molar-refractivity contribution in [1.29, 1.82) is 0 Å². The van der Waals surface area contributed by atoms with Crippen molar-refractivity contribution in [3.8, 4) is 0 Å². The molecule has 2 nitrogen and oxygen atoms in total. The van der Waals surface area contributed by atoms with Crippen LogP contribution in [0.2, 0.25) is 0 Å². The topological polar surface area (TPSA) is 15.3 Å². The van der Waals surface area contributed by atoms with Crippen LogP contribution in [0, 0.1) is 5.92 Å². The highest BCUT2D eigenvalue weighted by atomic mass is 15.2. The van der Waals surface area contributed by atoms with E-state index in [0.717, 1.165) is 12.0 Å². The predicted molar refractivity (Wildman–Crippen MR) is 69.7 cm³/mol. The van der Waals surface area contributed by atoms with Crippen molar-refractivity contribution in [2.24, 2.45) is 5.92 Å². The number of hydrogen-bond donors (Lipinski definition) is 1. The normalized spacial score (nSPS) is 29.4. The van der Waals surface area contributed by atoms with Gasteiger partial charge in [0.2, 0.25) is 0 Å². The van der Waals surface area contributed by atoms with Crippen LogP contribution in [0.25, 0.3) is 0 Å². The lowest BCUT2D eigenvalue weighted by molar-refractivity contribution is 0.141. The summed E-state index contributed by atoms with van der Waals surface area (Å²) in [6.45, 7) is 7.35. The molecule has 1 aliphatic carbocycles. The van der Waals surface area contributed by atoms with E-state index in [1.807, 2.05) is 0 Å². The Morgan fingerprint density at radius 3 is 2.75 bits per heavy atom. The average molecular weight is 224 g/mol. The van der Waals surface area contributed by atoms with Crippen LogP contribution in [-0.2, 0) is 0 Å². The molecule has 2 fully saturated rings. The number of hydrogen-bond acceptors (Lipinski definition) is 2. The Morgan fingerprint density at radius 1 is 1.19 bits per heavy atom. The van der Waals surface area contributed by atoms with Gasteiger partial charge in [-0.15, -0.1) is 0 Å². The van der Waals surface area contributed by atoms with Gasteiger partial charge in [0, 0.05) is 25.7 Å². The van der Waals surface area contributed by atoms with E-state index < -0.39 is 0 Å². The molecule has 1 heterocycles. The van der Waals surface area contributed by atoms with Crippen LogP contribution < -0.4 is 5.32 Å². The fraction of sp³-hybridized carbons (Fsp3) is 1.00. The molecule has 16 heavy (non-hydrogen) atoms. The van der Waals surface area contributed by atoms with Gasteiger partial charge in [0.15, 0.2) is 0 Å². The van der Waals surface area contributed by atoms with Gasteiger partial charge < -0.3 is 5.32 Å². The lowest BCUT2D eigenvalue weighted by Crippen LogP contribution is -2.51. The first kappa shape index (κ1) is 12.4. The number of nitrogens with zero attached hydrogens (tertiary/aromatic N) is 1. The number of nitrogens with one attached hydrogen (secondary N) is 1. The molecule has 0 bridgehead atoms. The van der Waals surface area contributed by atoms with Crippen LogP contribution in [0.4, 0.5) is 0 Å². The minimum absolute atomic E-state index is 0.803. The molecule has 2 heteroatoms. The van der Waals surface area contributed by atoms with Crippen molar-refractivity contribution >= 4 is 0 Å². The minimum atomic E-state index is 0.803. The fourth-order valence-corrected chi connectivity index (χ4v) is 3.32. The van der Waals surface area contributed by atoms with E-state index in [0.29, 0.717) is 0 Å². The van der Waals surface area contributed by atoms with Gasteiger partial charge in [0.1, 0.15) is 0 Å². The minimum Gasteiger partial charge on any atom is -0.314 e. The van der Waals surface area contributed by atoms with Gasteiger partial charge in [0.05, 0.1) is 0 Å². The molecule has 1 atom stereocenters. The zero-order valence-electron chi connectivity index (χ0n) is 10.9. The zero-order chi connectivity index (χ0) is 11.2. The molecule has 1 saturated heterocycles. The van der Waals surface area contributed by atoms with E-state index >= 15 is 0 Å². The van der Waals surface area contributed by atoms with Crippen LogP contribution in [0.3, 0.4) is 0 Å². The first-order valence-electron chi connectivity index (χ1n) is 7.35. The predicted octanol–water partition coefficient (Wildman–Crippen LogP) is 2.64. The molecule has 0 aromatic rings. The zero-order valence-corrected chi connectivity index (χ0v) is 10.9. The molecule has 2 aliphatic rings. The first-order chi connectivity index (χ1) is 7.90. The van der Waals surface area contributed by atoms with E-state index in [1.165, 1.54) is 71.1 Å². The lowest BCUT2D eigenvalue weighted by atomic mass is 9.87. The average Bonchev–Trinajstić information content (AvgIpc) is 2.38. The maximum Gasteiger partial charge on any atom is 0.0218 e. The second-order valence-corrected chi connectivity index (χ2v) is 5.59. The third-order valence-corrected chi connectivity index (χ3v) is 4.49. The molecule has 1 aliphatic heterocycles. The Kier molecular flexibility index (Phi) is 5.11. The van der Waals surface area contributed by atoms with Crippen LogP contribution >= 0.6 is 0 Å². The summed E-state index contributed by atoms with van der Waals surface area (Å²) in [6.07, 6.45) is 10.2. The van der Waals surface area contributed by atoms with Crippen LogP contribution in [0.5, 0.6) is 0 Å². The molecular formula is C14H28N2. The molecular weight excluding hydrogens is 196 g/mol. The summed E-state index contributed by atoms with van der Waals surface area (Å²) in [5.41, 5.74) is 0. The van der Waals surface area contributed by atoms with Crippen molar-refractivity contribution in [2.75, 3.05) is 26.2 Å². The van der Waals surface area contributed by atoms with Crippen molar-refractivity contribution in [1.82, 2.24) is 10.2 Å². The molecule has 0 aromatic carbocycles. The molecule has 0 radical (unpaired) electrons. The van der Waals surface area contributed by atoms with E-state index in [-0.39, 0.29) is 0 Å². The highest BCUT2D eigenvalue weighted by Gasteiger charge is 2.21. The standard InChI is InChI=1S/C14H28N2/c1-2-14-12-15-9-11-16(14)10-8-13-6-4-3-5-7-13/h13-15H,2-12H2,1H3. The molecule has 0 amide bonds. The summed E-state index contributed by atoms with van der Waals surface area (Å²) in [6, 6.07) is 0.803. The fourth-order valence-electron chi connectivity index (χ4n) is 3.32. The Hall–Kier alpha value is -0.0800. The highest BCUT2D eigenvalue weighted by Crippen LogP contribution is 2.26. The van der Waals surface area contributed by atoms with Crippen LogP contribution in [-0.4, -0.2) is 37.1 Å². The first-order valence-corrected chi connectivity index (χ1v) is 7.35. The summed E-state index contributed by atoms with van der Waals surface area (Å²) in [5.74, 6) is 1.04. The summed E-state index contributed by atoms with van der Waals surface area (Å²) in [7, 11) is 0. The van der Waals surface area contributed by atoms with Gasteiger partial charge in [-0.1, -0.05) is 39.0 Å². The van der Waals surface area contributed by atoms with Crippen LogP contribution in [0.15, 0.2) is 0 Å². The summed E-state index contributed by atoms with van der Waals surface area (Å²) in [5, 5.41) is 3.51.